The Morgan fingerprint density at radius 1 is 1.21 bits per heavy atom. The summed E-state index contributed by atoms with van der Waals surface area (Å²) in [6.45, 7) is 5.17. The van der Waals surface area contributed by atoms with E-state index in [4.69, 9.17) is 10.5 Å². The van der Waals surface area contributed by atoms with Gasteiger partial charge in [0, 0.05) is 6.04 Å². The maximum Gasteiger partial charge on any atom is 0.119 e. The molecule has 2 rings (SSSR count). The van der Waals surface area contributed by atoms with Gasteiger partial charge in [0.1, 0.15) is 5.75 Å². The van der Waals surface area contributed by atoms with Gasteiger partial charge in [-0.1, -0.05) is 45.2 Å². The molecule has 19 heavy (non-hydrogen) atoms. The molecule has 1 aromatic rings. The third-order valence-electron chi connectivity index (χ3n) is 4.17. The van der Waals surface area contributed by atoms with Gasteiger partial charge in [0.05, 0.1) is 6.61 Å². The van der Waals surface area contributed by atoms with Crippen molar-refractivity contribution >= 4 is 0 Å². The minimum atomic E-state index is 0.0956. The molecule has 0 bridgehead atoms. The van der Waals surface area contributed by atoms with Gasteiger partial charge in [-0.3, -0.25) is 0 Å². The lowest BCUT2D eigenvalue weighted by molar-refractivity contribution is 0.208. The molecule has 0 saturated heterocycles. The SMILES string of the molecule is CC(C)C(N)c1cccc(OCC2CCCCC2)c1. The van der Waals surface area contributed by atoms with Crippen molar-refractivity contribution in [3.05, 3.63) is 29.8 Å². The molecular formula is C17H27NO. The second-order valence-electron chi connectivity index (χ2n) is 6.16. The molecule has 0 amide bonds. The summed E-state index contributed by atoms with van der Waals surface area (Å²) < 4.78 is 5.96. The first-order valence-electron chi connectivity index (χ1n) is 7.65. The van der Waals surface area contributed by atoms with Crippen LogP contribution in [-0.2, 0) is 0 Å². The standard InChI is InChI=1S/C17H27NO/c1-13(2)17(18)15-9-6-10-16(11-15)19-12-14-7-4-3-5-8-14/h6,9-11,13-14,17H,3-5,7-8,12,18H2,1-2H3. The molecule has 1 saturated carbocycles. The molecule has 0 spiro atoms. The Kier molecular flexibility index (Phi) is 5.26. The van der Waals surface area contributed by atoms with E-state index in [2.05, 4.69) is 26.0 Å². The Bertz CT molecular complexity index is 383. The van der Waals surface area contributed by atoms with Crippen LogP contribution in [-0.4, -0.2) is 6.61 Å². The largest absolute Gasteiger partial charge is 0.493 e. The molecule has 1 aliphatic carbocycles. The van der Waals surface area contributed by atoms with Gasteiger partial charge >= 0.3 is 0 Å². The molecule has 0 radical (unpaired) electrons. The van der Waals surface area contributed by atoms with Gasteiger partial charge in [-0.25, -0.2) is 0 Å². The van der Waals surface area contributed by atoms with Crippen LogP contribution in [0, 0.1) is 11.8 Å². The normalized spacial score (nSPS) is 18.5. The summed E-state index contributed by atoms with van der Waals surface area (Å²) in [5, 5.41) is 0. The summed E-state index contributed by atoms with van der Waals surface area (Å²) in [5.41, 5.74) is 7.37. The Hall–Kier alpha value is -1.02. The fourth-order valence-corrected chi connectivity index (χ4v) is 2.76. The highest BCUT2D eigenvalue weighted by Crippen LogP contribution is 2.26. The van der Waals surface area contributed by atoms with E-state index >= 15 is 0 Å². The van der Waals surface area contributed by atoms with Gasteiger partial charge in [-0.2, -0.15) is 0 Å². The molecule has 1 aliphatic rings. The van der Waals surface area contributed by atoms with Crippen molar-refractivity contribution in [1.82, 2.24) is 0 Å². The molecule has 0 heterocycles. The smallest absolute Gasteiger partial charge is 0.119 e. The zero-order chi connectivity index (χ0) is 13.7. The van der Waals surface area contributed by atoms with Crippen molar-refractivity contribution < 1.29 is 4.74 Å². The van der Waals surface area contributed by atoms with Gasteiger partial charge in [0.2, 0.25) is 0 Å². The number of nitrogens with two attached hydrogens (primary N) is 1. The Morgan fingerprint density at radius 2 is 1.95 bits per heavy atom. The van der Waals surface area contributed by atoms with E-state index in [0.29, 0.717) is 5.92 Å². The highest BCUT2D eigenvalue weighted by atomic mass is 16.5. The molecule has 2 N–H and O–H groups in total. The Labute approximate surface area is 117 Å². The number of ether oxygens (including phenoxy) is 1. The fourth-order valence-electron chi connectivity index (χ4n) is 2.76. The van der Waals surface area contributed by atoms with Gasteiger partial charge in [0.25, 0.3) is 0 Å². The molecule has 0 aromatic heterocycles. The van der Waals surface area contributed by atoms with E-state index in [9.17, 15) is 0 Å². The van der Waals surface area contributed by atoms with E-state index < -0.39 is 0 Å². The fraction of sp³-hybridized carbons (Fsp3) is 0.647. The highest BCUT2D eigenvalue weighted by Gasteiger charge is 2.15. The predicted octanol–water partition coefficient (Wildman–Crippen LogP) is 4.30. The molecular weight excluding hydrogens is 234 g/mol. The molecule has 106 valence electrons. The first-order valence-corrected chi connectivity index (χ1v) is 7.65. The van der Waals surface area contributed by atoms with Crippen LogP contribution in [0.1, 0.15) is 57.6 Å². The Morgan fingerprint density at radius 3 is 2.63 bits per heavy atom. The molecule has 1 unspecified atom stereocenters. The third-order valence-corrected chi connectivity index (χ3v) is 4.17. The van der Waals surface area contributed by atoms with Crippen molar-refractivity contribution in [2.75, 3.05) is 6.61 Å². The predicted molar refractivity (Wildman–Crippen MR) is 80.3 cm³/mol. The molecule has 2 heteroatoms. The minimum Gasteiger partial charge on any atom is -0.493 e. The molecule has 1 atom stereocenters. The van der Waals surface area contributed by atoms with Crippen molar-refractivity contribution in [3.63, 3.8) is 0 Å². The lowest BCUT2D eigenvalue weighted by Crippen LogP contribution is -2.17. The van der Waals surface area contributed by atoms with Crippen LogP contribution in [0.3, 0.4) is 0 Å². The number of benzene rings is 1. The van der Waals surface area contributed by atoms with Crippen LogP contribution < -0.4 is 10.5 Å². The van der Waals surface area contributed by atoms with Gasteiger partial charge < -0.3 is 10.5 Å². The van der Waals surface area contributed by atoms with Crippen molar-refractivity contribution in [1.29, 1.82) is 0 Å². The van der Waals surface area contributed by atoms with Crippen molar-refractivity contribution in [3.8, 4) is 5.75 Å². The minimum absolute atomic E-state index is 0.0956. The third kappa shape index (κ3) is 4.24. The van der Waals surface area contributed by atoms with Crippen LogP contribution in [0.25, 0.3) is 0 Å². The van der Waals surface area contributed by atoms with E-state index in [-0.39, 0.29) is 6.04 Å². The van der Waals surface area contributed by atoms with Gasteiger partial charge in [-0.15, -0.1) is 0 Å². The summed E-state index contributed by atoms with van der Waals surface area (Å²) in [5.74, 6) is 2.17. The summed E-state index contributed by atoms with van der Waals surface area (Å²) in [7, 11) is 0. The summed E-state index contributed by atoms with van der Waals surface area (Å²) >= 11 is 0. The second-order valence-corrected chi connectivity index (χ2v) is 6.16. The topological polar surface area (TPSA) is 35.2 Å². The molecule has 1 aromatic carbocycles. The molecule has 1 fully saturated rings. The lowest BCUT2D eigenvalue weighted by atomic mass is 9.90. The van der Waals surface area contributed by atoms with Crippen LogP contribution in [0.5, 0.6) is 5.75 Å². The lowest BCUT2D eigenvalue weighted by Gasteiger charge is -2.22. The van der Waals surface area contributed by atoms with E-state index in [1.54, 1.807) is 0 Å². The maximum absolute atomic E-state index is 6.19. The molecule has 2 nitrogen and oxygen atoms in total. The quantitative estimate of drug-likeness (QED) is 0.857. The van der Waals surface area contributed by atoms with Crippen LogP contribution in [0.4, 0.5) is 0 Å². The maximum atomic E-state index is 6.19. The van der Waals surface area contributed by atoms with Gasteiger partial charge in [0.15, 0.2) is 0 Å². The van der Waals surface area contributed by atoms with E-state index in [1.807, 2.05) is 12.1 Å². The molecule has 0 aliphatic heterocycles. The first kappa shape index (κ1) is 14.4. The monoisotopic (exact) mass is 261 g/mol. The van der Waals surface area contributed by atoms with Crippen LogP contribution in [0.15, 0.2) is 24.3 Å². The van der Waals surface area contributed by atoms with Gasteiger partial charge in [-0.05, 0) is 42.4 Å². The number of rotatable bonds is 5. The summed E-state index contributed by atoms with van der Waals surface area (Å²) in [6, 6.07) is 8.39. The van der Waals surface area contributed by atoms with E-state index in [0.717, 1.165) is 18.3 Å². The van der Waals surface area contributed by atoms with Crippen molar-refractivity contribution in [2.45, 2.75) is 52.0 Å². The van der Waals surface area contributed by atoms with Crippen molar-refractivity contribution in [2.24, 2.45) is 17.6 Å². The zero-order valence-corrected chi connectivity index (χ0v) is 12.3. The summed E-state index contributed by atoms with van der Waals surface area (Å²) in [4.78, 5) is 0. The van der Waals surface area contributed by atoms with E-state index in [1.165, 1.54) is 37.7 Å². The number of hydrogen-bond donors (Lipinski definition) is 1. The average Bonchev–Trinajstić information content (AvgIpc) is 2.45. The highest BCUT2D eigenvalue weighted by molar-refractivity contribution is 5.30. The van der Waals surface area contributed by atoms with Crippen LogP contribution in [0.2, 0.25) is 0 Å². The first-order chi connectivity index (χ1) is 9.16. The van der Waals surface area contributed by atoms with Crippen LogP contribution >= 0.6 is 0 Å². The average molecular weight is 261 g/mol. The zero-order valence-electron chi connectivity index (χ0n) is 12.3. The Balaban J connectivity index is 1.91. The summed E-state index contributed by atoms with van der Waals surface area (Å²) in [6.07, 6.45) is 6.78. The second kappa shape index (κ2) is 6.95. The number of hydrogen-bond acceptors (Lipinski definition) is 2.